The second-order valence-corrected chi connectivity index (χ2v) is 24.8. The Labute approximate surface area is 136 Å². The molecule has 1 heterocycles. The molecule has 0 amide bonds. The van der Waals surface area contributed by atoms with E-state index in [1.165, 1.54) is 10.4 Å². The Balaban J connectivity index is 2.31. The second kappa shape index (κ2) is 6.34. The monoisotopic (exact) mass is 338 g/mol. The largest absolute Gasteiger partial charge is 0.427 e. The first-order valence-electron chi connectivity index (χ1n) is 7.75. The van der Waals surface area contributed by atoms with Crippen molar-refractivity contribution in [3.8, 4) is 0 Å². The first kappa shape index (κ1) is 15.4. The summed E-state index contributed by atoms with van der Waals surface area (Å²) < 4.78 is 6.06. The highest BCUT2D eigenvalue weighted by molar-refractivity contribution is 7.70. The molecule has 1 aliphatic rings. The maximum atomic E-state index is 6.06. The highest BCUT2D eigenvalue weighted by Crippen LogP contribution is 2.28. The molecular weight excluding hydrogens is 316 g/mol. The lowest BCUT2D eigenvalue weighted by Crippen LogP contribution is -2.80. The summed E-state index contributed by atoms with van der Waals surface area (Å²) in [5.74, 6) is 0. The van der Waals surface area contributed by atoms with E-state index in [1.54, 1.807) is 0 Å². The summed E-state index contributed by atoms with van der Waals surface area (Å²) in [4.78, 5) is 0. The van der Waals surface area contributed by atoms with Gasteiger partial charge >= 0.3 is 0 Å². The summed E-state index contributed by atoms with van der Waals surface area (Å²) in [5, 5.41) is 3.06. The van der Waals surface area contributed by atoms with Gasteiger partial charge in [-0.3, -0.25) is 0 Å². The first-order chi connectivity index (χ1) is 10.8. The van der Waals surface area contributed by atoms with Crippen LogP contribution in [0.15, 0.2) is 85.2 Å². The predicted molar refractivity (Wildman–Crippen MR) is 103 cm³/mol. The van der Waals surface area contributed by atoms with Gasteiger partial charge < -0.3 is 4.43 Å². The molecule has 0 radical (unpaired) electrons. The molecular formula is C18H22OSi3. The van der Waals surface area contributed by atoms with Gasteiger partial charge in [0, 0.05) is 6.61 Å². The maximum Gasteiger partial charge on any atom is 0.158 e. The molecule has 112 valence electrons. The van der Waals surface area contributed by atoms with Gasteiger partial charge in [-0.25, -0.2) is 0 Å². The van der Waals surface area contributed by atoms with Crippen LogP contribution in [0.2, 0.25) is 6.04 Å². The van der Waals surface area contributed by atoms with E-state index in [0.29, 0.717) is 0 Å². The molecule has 0 aliphatic carbocycles. The Morgan fingerprint density at radius 3 is 1.82 bits per heavy atom. The Morgan fingerprint density at radius 1 is 0.864 bits per heavy atom. The molecule has 0 saturated carbocycles. The molecule has 0 atom stereocenters. The Kier molecular flexibility index (Phi) is 4.44. The van der Waals surface area contributed by atoms with Crippen LogP contribution in [-0.4, -0.2) is 30.6 Å². The first-order valence-corrected chi connectivity index (χ1v) is 16.0. The Bertz CT molecular complexity index is 607. The molecule has 1 saturated heterocycles. The van der Waals surface area contributed by atoms with Gasteiger partial charge in [-0.15, -0.1) is 13.2 Å². The Morgan fingerprint density at radius 2 is 1.36 bits per heavy atom. The lowest BCUT2D eigenvalue weighted by Gasteiger charge is -2.48. The van der Waals surface area contributed by atoms with Gasteiger partial charge in [0.1, 0.15) is 14.7 Å². The van der Waals surface area contributed by atoms with Crippen molar-refractivity contribution in [3.63, 3.8) is 0 Å². The molecule has 2 aromatic rings. The van der Waals surface area contributed by atoms with Crippen LogP contribution in [0.25, 0.3) is 0 Å². The SMILES string of the molecule is C=C[Si]1(C=C)[SiH2]OCC[Si]1(c1ccccc1)c1ccccc1. The van der Waals surface area contributed by atoms with Crippen molar-refractivity contribution in [1.29, 1.82) is 0 Å². The van der Waals surface area contributed by atoms with Crippen molar-refractivity contribution in [2.24, 2.45) is 0 Å². The average Bonchev–Trinajstić information content (AvgIpc) is 2.63. The fraction of sp³-hybridized carbons (Fsp3) is 0.111. The molecule has 2 aromatic carbocycles. The van der Waals surface area contributed by atoms with Crippen molar-refractivity contribution < 1.29 is 4.43 Å². The Hall–Kier alpha value is -1.47. The number of hydrogen-bond acceptors (Lipinski definition) is 1. The van der Waals surface area contributed by atoms with E-state index >= 15 is 0 Å². The molecule has 1 aliphatic heterocycles. The van der Waals surface area contributed by atoms with Gasteiger partial charge in [0.15, 0.2) is 9.28 Å². The molecule has 0 bridgehead atoms. The summed E-state index contributed by atoms with van der Waals surface area (Å²) in [6, 6.07) is 23.4. The van der Waals surface area contributed by atoms with E-state index in [-0.39, 0.29) is 0 Å². The molecule has 0 aromatic heterocycles. The van der Waals surface area contributed by atoms with Gasteiger partial charge in [-0.05, 0) is 6.04 Å². The van der Waals surface area contributed by atoms with Gasteiger partial charge in [-0.2, -0.15) is 0 Å². The van der Waals surface area contributed by atoms with E-state index in [9.17, 15) is 0 Å². The number of benzene rings is 2. The van der Waals surface area contributed by atoms with Crippen molar-refractivity contribution in [2.75, 3.05) is 6.61 Å². The zero-order valence-corrected chi connectivity index (χ0v) is 16.3. The lowest BCUT2D eigenvalue weighted by molar-refractivity contribution is 0.365. The highest BCUT2D eigenvalue weighted by atomic mass is 29.6. The molecule has 4 heteroatoms. The molecule has 3 rings (SSSR count). The smallest absolute Gasteiger partial charge is 0.158 e. The summed E-state index contributed by atoms with van der Waals surface area (Å²) in [6.07, 6.45) is 0. The molecule has 0 N–H and O–H groups in total. The third-order valence-electron chi connectivity index (χ3n) is 5.02. The quantitative estimate of drug-likeness (QED) is 0.773. The molecule has 0 spiro atoms. The van der Waals surface area contributed by atoms with Gasteiger partial charge in [0.2, 0.25) is 0 Å². The number of hydrogen-bond donors (Lipinski definition) is 0. The molecule has 1 nitrogen and oxygen atoms in total. The molecule has 1 fully saturated rings. The van der Waals surface area contributed by atoms with Crippen LogP contribution in [-0.2, 0) is 4.43 Å². The minimum absolute atomic E-state index is 0.612. The highest BCUT2D eigenvalue weighted by Gasteiger charge is 2.56. The third kappa shape index (κ3) is 2.23. The van der Waals surface area contributed by atoms with E-state index in [0.717, 1.165) is 12.7 Å². The van der Waals surface area contributed by atoms with Crippen molar-refractivity contribution in [2.45, 2.75) is 6.04 Å². The van der Waals surface area contributed by atoms with Crippen molar-refractivity contribution >= 4 is 34.4 Å². The normalized spacial score (nSPS) is 20.4. The summed E-state index contributed by atoms with van der Waals surface area (Å²) in [6.45, 7) is 9.41. The van der Waals surface area contributed by atoms with Crippen LogP contribution in [0.4, 0.5) is 0 Å². The predicted octanol–water partition coefficient (Wildman–Crippen LogP) is 1.84. The van der Waals surface area contributed by atoms with Crippen molar-refractivity contribution in [3.05, 3.63) is 85.2 Å². The molecule has 22 heavy (non-hydrogen) atoms. The zero-order valence-electron chi connectivity index (χ0n) is 12.9. The summed E-state index contributed by atoms with van der Waals surface area (Å²) in [5.41, 5.74) is 4.55. The van der Waals surface area contributed by atoms with Crippen LogP contribution in [0.1, 0.15) is 0 Å². The lowest BCUT2D eigenvalue weighted by atomic mass is 10.4. The average molecular weight is 339 g/mol. The summed E-state index contributed by atoms with van der Waals surface area (Å²) >= 11 is 0. The van der Waals surface area contributed by atoms with Crippen LogP contribution in [0.5, 0.6) is 0 Å². The standard InChI is InChI=1S/C18H22OSi3/c1-3-21(4-2)20-19-15-16-22(21,17-11-7-5-8-12-17)18-13-9-6-10-14-18/h3-14H,1-2,15-16,20H2. The van der Waals surface area contributed by atoms with Crippen LogP contribution in [0, 0.1) is 0 Å². The van der Waals surface area contributed by atoms with Crippen LogP contribution in [0.3, 0.4) is 0 Å². The number of rotatable bonds is 4. The minimum Gasteiger partial charge on any atom is -0.427 e. The maximum absolute atomic E-state index is 6.06. The van der Waals surface area contributed by atoms with Gasteiger partial charge in [0.05, 0.1) is 0 Å². The van der Waals surface area contributed by atoms with Crippen LogP contribution >= 0.6 is 0 Å². The van der Waals surface area contributed by atoms with Crippen LogP contribution < -0.4 is 10.4 Å². The van der Waals surface area contributed by atoms with E-state index in [2.05, 4.69) is 85.2 Å². The third-order valence-corrected chi connectivity index (χ3v) is 31.6. The summed E-state index contributed by atoms with van der Waals surface area (Å²) in [7, 11) is -4.30. The zero-order chi connectivity index (χ0) is 15.5. The second-order valence-electron chi connectivity index (χ2n) is 5.89. The van der Waals surface area contributed by atoms with E-state index in [4.69, 9.17) is 4.43 Å². The van der Waals surface area contributed by atoms with Gasteiger partial charge in [-0.1, -0.05) is 82.4 Å². The van der Waals surface area contributed by atoms with Gasteiger partial charge in [0.25, 0.3) is 0 Å². The fourth-order valence-electron chi connectivity index (χ4n) is 3.81. The topological polar surface area (TPSA) is 9.23 Å². The van der Waals surface area contributed by atoms with E-state index in [1.807, 2.05) is 0 Å². The fourth-order valence-corrected chi connectivity index (χ4v) is 29.8. The molecule has 0 unspecified atom stereocenters. The van der Waals surface area contributed by atoms with Crippen molar-refractivity contribution in [1.82, 2.24) is 0 Å². The minimum atomic E-state index is -1.88. The van der Waals surface area contributed by atoms with E-state index < -0.39 is 24.0 Å².